The zero-order valence-electron chi connectivity index (χ0n) is 20.8. The summed E-state index contributed by atoms with van der Waals surface area (Å²) in [5, 5.41) is 10.3. The Morgan fingerprint density at radius 3 is 2.34 bits per heavy atom. The molecule has 4 rings (SSSR count). The first kappa shape index (κ1) is 24.6. The van der Waals surface area contributed by atoms with E-state index in [9.17, 15) is 14.7 Å². The highest BCUT2D eigenvalue weighted by Crippen LogP contribution is 2.38. The van der Waals surface area contributed by atoms with E-state index in [0.717, 1.165) is 0 Å². The Morgan fingerprint density at radius 2 is 1.80 bits per heavy atom. The molecule has 2 amide bonds. The molecule has 0 saturated carbocycles. The Morgan fingerprint density at radius 1 is 1.14 bits per heavy atom. The lowest BCUT2D eigenvalue weighted by Crippen LogP contribution is -2.42. The number of rotatable bonds is 3. The molecule has 0 atom stereocenters. The molecule has 1 saturated heterocycles. The highest BCUT2D eigenvalue weighted by molar-refractivity contribution is 6.65. The lowest BCUT2D eigenvalue weighted by molar-refractivity contribution is 0.00578. The van der Waals surface area contributed by atoms with Crippen LogP contribution in [0, 0.1) is 0 Å². The van der Waals surface area contributed by atoms with Gasteiger partial charge in [-0.3, -0.25) is 9.55 Å². The lowest BCUT2D eigenvalue weighted by atomic mass is 9.79. The van der Waals surface area contributed by atoms with Crippen LogP contribution in [0.4, 0.5) is 15.4 Å². The average molecular weight is 481 g/mol. The SMILES string of the molecule is CC(C)(C)OC(=O)N(C(=O)O)c1ncnc2c1c(B1OC(C)(C)C(C)(C)O1)cn2-c1cccnc1. The number of hydrogen-bond donors (Lipinski definition) is 1. The summed E-state index contributed by atoms with van der Waals surface area (Å²) in [6.45, 7) is 12.6. The van der Waals surface area contributed by atoms with Crippen LogP contribution in [0.3, 0.4) is 0 Å². The second-order valence-electron chi connectivity index (χ2n) is 10.2. The fraction of sp³-hybridized carbons (Fsp3) is 0.435. The number of aromatic nitrogens is 4. The van der Waals surface area contributed by atoms with Crippen molar-refractivity contribution in [3.63, 3.8) is 0 Å². The van der Waals surface area contributed by atoms with Crippen molar-refractivity contribution in [1.29, 1.82) is 0 Å². The van der Waals surface area contributed by atoms with Gasteiger partial charge in [0.2, 0.25) is 0 Å². The highest BCUT2D eigenvalue weighted by atomic mass is 16.7. The van der Waals surface area contributed by atoms with Gasteiger partial charge in [-0.1, -0.05) is 0 Å². The molecule has 3 aromatic heterocycles. The van der Waals surface area contributed by atoms with Crippen molar-refractivity contribution in [2.75, 3.05) is 4.90 Å². The molecule has 0 bridgehead atoms. The van der Waals surface area contributed by atoms with Crippen molar-refractivity contribution < 1.29 is 28.7 Å². The van der Waals surface area contributed by atoms with Gasteiger partial charge in [0.25, 0.3) is 0 Å². The third-order valence-electron chi connectivity index (χ3n) is 6.00. The van der Waals surface area contributed by atoms with Crippen molar-refractivity contribution in [3.05, 3.63) is 37.1 Å². The van der Waals surface area contributed by atoms with E-state index >= 15 is 0 Å². The summed E-state index contributed by atoms with van der Waals surface area (Å²) in [4.78, 5) is 38.4. The molecule has 1 fully saturated rings. The lowest BCUT2D eigenvalue weighted by Gasteiger charge is -2.32. The van der Waals surface area contributed by atoms with Crippen molar-refractivity contribution >= 4 is 41.6 Å². The summed E-state index contributed by atoms with van der Waals surface area (Å²) in [6.07, 6.45) is 3.57. The van der Waals surface area contributed by atoms with Gasteiger partial charge in [-0.05, 0) is 60.6 Å². The van der Waals surface area contributed by atoms with Gasteiger partial charge < -0.3 is 19.2 Å². The number of anilines is 1. The second kappa shape index (κ2) is 8.31. The number of imide groups is 1. The predicted octanol–water partition coefficient (Wildman–Crippen LogP) is 3.53. The third-order valence-corrected chi connectivity index (χ3v) is 6.00. The Kier molecular flexibility index (Phi) is 5.85. The molecule has 1 N–H and O–H groups in total. The molecule has 0 aromatic carbocycles. The fourth-order valence-corrected chi connectivity index (χ4v) is 3.65. The van der Waals surface area contributed by atoms with Gasteiger partial charge in [0, 0.05) is 17.9 Å². The highest BCUT2D eigenvalue weighted by Gasteiger charge is 2.53. The van der Waals surface area contributed by atoms with E-state index in [1.54, 1.807) is 50.0 Å². The zero-order chi connectivity index (χ0) is 25.8. The van der Waals surface area contributed by atoms with Crippen LogP contribution in [-0.2, 0) is 14.0 Å². The number of carboxylic acid groups (broad SMARTS) is 1. The van der Waals surface area contributed by atoms with Crippen molar-refractivity contribution in [2.45, 2.75) is 65.3 Å². The number of fused-ring (bicyclic) bond motifs is 1. The minimum Gasteiger partial charge on any atom is -0.464 e. The Labute approximate surface area is 203 Å². The zero-order valence-corrected chi connectivity index (χ0v) is 20.8. The molecule has 0 radical (unpaired) electrons. The monoisotopic (exact) mass is 481 g/mol. The van der Waals surface area contributed by atoms with E-state index in [0.29, 0.717) is 21.7 Å². The Bertz CT molecular complexity index is 1270. The summed E-state index contributed by atoms with van der Waals surface area (Å²) in [6, 6.07) is 3.59. The summed E-state index contributed by atoms with van der Waals surface area (Å²) in [7, 11) is -0.876. The molecule has 12 heteroatoms. The molecule has 1 aliphatic heterocycles. The summed E-state index contributed by atoms with van der Waals surface area (Å²) < 4.78 is 19.6. The molecule has 0 spiro atoms. The quantitative estimate of drug-likeness (QED) is 0.559. The number of nitrogens with zero attached hydrogens (tertiary/aromatic N) is 5. The summed E-state index contributed by atoms with van der Waals surface area (Å²) in [5.41, 5.74) is -0.756. The Hall–Kier alpha value is -3.51. The largest absolute Gasteiger partial charge is 0.497 e. The molecule has 184 valence electrons. The first-order chi connectivity index (χ1) is 16.2. The summed E-state index contributed by atoms with van der Waals surface area (Å²) >= 11 is 0. The van der Waals surface area contributed by atoms with Gasteiger partial charge in [-0.2, -0.15) is 4.90 Å². The van der Waals surface area contributed by atoms with E-state index in [2.05, 4.69) is 15.0 Å². The van der Waals surface area contributed by atoms with E-state index in [1.807, 2.05) is 33.8 Å². The van der Waals surface area contributed by atoms with Crippen LogP contribution in [0.5, 0.6) is 0 Å². The molecule has 4 heterocycles. The van der Waals surface area contributed by atoms with Crippen LogP contribution in [0.25, 0.3) is 16.7 Å². The summed E-state index contributed by atoms with van der Waals surface area (Å²) in [5.74, 6) is -0.163. The third kappa shape index (κ3) is 4.46. The first-order valence-corrected chi connectivity index (χ1v) is 11.1. The molecule has 0 unspecified atom stereocenters. The van der Waals surface area contributed by atoms with Crippen LogP contribution in [0.1, 0.15) is 48.5 Å². The van der Waals surface area contributed by atoms with Gasteiger partial charge in [0.05, 0.1) is 28.5 Å². The molecule has 11 nitrogen and oxygen atoms in total. The number of carbonyl (C=O) groups excluding carboxylic acids is 1. The first-order valence-electron chi connectivity index (χ1n) is 11.1. The van der Waals surface area contributed by atoms with Crippen molar-refractivity contribution in [3.8, 4) is 5.69 Å². The van der Waals surface area contributed by atoms with Crippen LogP contribution in [0.2, 0.25) is 0 Å². The van der Waals surface area contributed by atoms with E-state index in [1.165, 1.54) is 6.33 Å². The second-order valence-corrected chi connectivity index (χ2v) is 10.2. The average Bonchev–Trinajstić information content (AvgIpc) is 3.22. The van der Waals surface area contributed by atoms with Gasteiger partial charge >= 0.3 is 19.3 Å². The van der Waals surface area contributed by atoms with E-state index in [4.69, 9.17) is 14.0 Å². The van der Waals surface area contributed by atoms with Gasteiger partial charge in [-0.25, -0.2) is 19.6 Å². The fourth-order valence-electron chi connectivity index (χ4n) is 3.65. The van der Waals surface area contributed by atoms with Gasteiger partial charge in [-0.15, -0.1) is 0 Å². The van der Waals surface area contributed by atoms with Crippen molar-refractivity contribution in [1.82, 2.24) is 19.5 Å². The molecule has 0 aliphatic carbocycles. The number of hydrogen-bond acceptors (Lipinski definition) is 8. The smallest absolute Gasteiger partial charge is 0.464 e. The van der Waals surface area contributed by atoms with Crippen LogP contribution in [-0.4, -0.2) is 60.7 Å². The maximum Gasteiger partial charge on any atom is 0.497 e. The van der Waals surface area contributed by atoms with Gasteiger partial charge in [0.15, 0.2) is 5.82 Å². The predicted molar refractivity (Wildman–Crippen MR) is 129 cm³/mol. The number of pyridine rings is 1. The molecular formula is C23H28BN5O6. The van der Waals surface area contributed by atoms with E-state index in [-0.39, 0.29) is 11.2 Å². The number of ether oxygens (including phenoxy) is 1. The normalized spacial score (nSPS) is 16.9. The standard InChI is InChI=1S/C23H28BN5O6/c1-21(2,3)33-20(32)29(19(30)31)18-16-15(24-34-22(4,5)23(6,7)35-24)12-28(17(16)26-13-27-18)14-9-8-10-25-11-14/h8-13H,1-7H3,(H,30,31). The van der Waals surface area contributed by atoms with Crippen LogP contribution in [0.15, 0.2) is 37.1 Å². The Balaban J connectivity index is 1.97. The number of amides is 2. The van der Waals surface area contributed by atoms with Crippen LogP contribution >= 0.6 is 0 Å². The molecule has 3 aromatic rings. The van der Waals surface area contributed by atoms with Gasteiger partial charge in [0.1, 0.15) is 17.6 Å². The minimum atomic E-state index is -1.55. The maximum atomic E-state index is 12.9. The number of carbonyl (C=O) groups is 2. The molecule has 35 heavy (non-hydrogen) atoms. The minimum absolute atomic E-state index is 0.163. The van der Waals surface area contributed by atoms with Crippen LogP contribution < -0.4 is 10.4 Å². The molecule has 1 aliphatic rings. The maximum absolute atomic E-state index is 12.9. The molecular weight excluding hydrogens is 453 g/mol. The van der Waals surface area contributed by atoms with E-state index < -0.39 is 36.1 Å². The van der Waals surface area contributed by atoms with Crippen molar-refractivity contribution in [2.24, 2.45) is 0 Å². The topological polar surface area (TPSA) is 129 Å².